The molecule has 108 valence electrons. The lowest BCUT2D eigenvalue weighted by molar-refractivity contribution is 0.0727. The van der Waals surface area contributed by atoms with E-state index < -0.39 is 5.54 Å². The minimum absolute atomic E-state index is 0.00710. The van der Waals surface area contributed by atoms with Crippen molar-refractivity contribution < 1.29 is 14.6 Å². The molecule has 0 aliphatic carbocycles. The van der Waals surface area contributed by atoms with Crippen LogP contribution in [0.5, 0.6) is 0 Å². The van der Waals surface area contributed by atoms with Gasteiger partial charge in [-0.05, 0) is 25.5 Å². The predicted molar refractivity (Wildman–Crippen MR) is 77.7 cm³/mol. The van der Waals surface area contributed by atoms with E-state index in [1.807, 2.05) is 31.3 Å². The number of aliphatic hydroxyl groups is 1. The third-order valence-electron chi connectivity index (χ3n) is 3.37. The van der Waals surface area contributed by atoms with Crippen LogP contribution >= 0.6 is 0 Å². The number of nitrogens with one attached hydrogen (secondary N) is 2. The summed E-state index contributed by atoms with van der Waals surface area (Å²) in [7, 11) is 1.58. The first-order valence-electron chi connectivity index (χ1n) is 6.58. The van der Waals surface area contributed by atoms with E-state index in [1.165, 1.54) is 0 Å². The molecule has 5 heteroatoms. The van der Waals surface area contributed by atoms with Crippen molar-refractivity contribution in [3.8, 4) is 0 Å². The van der Waals surface area contributed by atoms with Crippen molar-refractivity contribution in [2.75, 3.05) is 20.3 Å². The molecule has 0 aliphatic rings. The quantitative estimate of drug-likeness (QED) is 0.751. The van der Waals surface area contributed by atoms with Crippen LogP contribution in [-0.2, 0) is 4.74 Å². The molecule has 0 radical (unpaired) electrons. The number of carbonyl (C=O) groups is 1. The minimum Gasteiger partial charge on any atom is -0.396 e. The molecule has 2 aromatic rings. The molecule has 5 nitrogen and oxygen atoms in total. The normalized spacial score (nSPS) is 14.2. The second-order valence-electron chi connectivity index (χ2n) is 5.17. The van der Waals surface area contributed by atoms with Crippen LogP contribution in [0.1, 0.15) is 23.7 Å². The molecule has 0 spiro atoms. The van der Waals surface area contributed by atoms with E-state index in [2.05, 4.69) is 10.3 Å². The number of amides is 1. The van der Waals surface area contributed by atoms with Gasteiger partial charge in [0.25, 0.3) is 5.91 Å². The Hall–Kier alpha value is -1.85. The summed E-state index contributed by atoms with van der Waals surface area (Å²) < 4.78 is 5.14. The zero-order chi connectivity index (χ0) is 14.6. The van der Waals surface area contributed by atoms with Gasteiger partial charge >= 0.3 is 0 Å². The molecule has 0 aliphatic heterocycles. The smallest absolute Gasteiger partial charge is 0.253 e. The number of ether oxygens (including phenoxy) is 1. The second kappa shape index (κ2) is 6.07. The number of hydrogen-bond donors (Lipinski definition) is 3. The molecule has 20 heavy (non-hydrogen) atoms. The molecule has 1 aromatic heterocycles. The van der Waals surface area contributed by atoms with Crippen molar-refractivity contribution in [1.82, 2.24) is 10.3 Å². The maximum absolute atomic E-state index is 12.5. The number of hydrogen-bond acceptors (Lipinski definition) is 3. The summed E-state index contributed by atoms with van der Waals surface area (Å²) in [6.07, 6.45) is 2.25. The molecule has 1 heterocycles. The van der Waals surface area contributed by atoms with Gasteiger partial charge < -0.3 is 20.1 Å². The van der Waals surface area contributed by atoms with Crippen molar-refractivity contribution >= 4 is 16.8 Å². The van der Waals surface area contributed by atoms with Crippen LogP contribution in [0.2, 0.25) is 0 Å². The Morgan fingerprint density at radius 2 is 2.25 bits per heavy atom. The molecule has 0 saturated carbocycles. The highest BCUT2D eigenvalue weighted by atomic mass is 16.5. The van der Waals surface area contributed by atoms with E-state index in [0.29, 0.717) is 18.6 Å². The summed E-state index contributed by atoms with van der Waals surface area (Å²) in [6.45, 7) is 2.20. The number of para-hydroxylation sites is 1. The van der Waals surface area contributed by atoms with Crippen LogP contribution in [0.3, 0.4) is 0 Å². The molecular formula is C15H20N2O3. The number of methoxy groups -OCH3 is 1. The van der Waals surface area contributed by atoms with E-state index in [1.54, 1.807) is 13.2 Å². The van der Waals surface area contributed by atoms with Gasteiger partial charge in [-0.1, -0.05) is 12.1 Å². The number of aromatic amines is 1. The SMILES string of the molecule is COC[C@@](C)(CCO)NC(=O)c1cccc2cc[nH]c12. The highest BCUT2D eigenvalue weighted by Crippen LogP contribution is 2.18. The maximum atomic E-state index is 12.5. The van der Waals surface area contributed by atoms with Gasteiger partial charge in [-0.15, -0.1) is 0 Å². The van der Waals surface area contributed by atoms with Crippen molar-refractivity contribution in [3.05, 3.63) is 36.0 Å². The summed E-state index contributed by atoms with van der Waals surface area (Å²) in [6, 6.07) is 7.50. The van der Waals surface area contributed by atoms with Crippen LogP contribution in [-0.4, -0.2) is 41.9 Å². The molecule has 0 bridgehead atoms. The van der Waals surface area contributed by atoms with E-state index in [4.69, 9.17) is 9.84 Å². The average molecular weight is 276 g/mol. The topological polar surface area (TPSA) is 74.3 Å². The lowest BCUT2D eigenvalue weighted by atomic mass is 9.98. The molecule has 0 fully saturated rings. The van der Waals surface area contributed by atoms with Crippen molar-refractivity contribution in [2.45, 2.75) is 18.9 Å². The van der Waals surface area contributed by atoms with Crippen LogP contribution in [0, 0.1) is 0 Å². The third-order valence-corrected chi connectivity index (χ3v) is 3.37. The Bertz CT molecular complexity index is 586. The van der Waals surface area contributed by atoms with Crippen molar-refractivity contribution in [2.24, 2.45) is 0 Å². The van der Waals surface area contributed by atoms with Crippen LogP contribution in [0.15, 0.2) is 30.5 Å². The summed E-state index contributed by atoms with van der Waals surface area (Å²) >= 11 is 0. The molecule has 2 rings (SSSR count). The zero-order valence-corrected chi connectivity index (χ0v) is 11.8. The van der Waals surface area contributed by atoms with Crippen LogP contribution in [0.4, 0.5) is 0 Å². The Morgan fingerprint density at radius 1 is 1.45 bits per heavy atom. The highest BCUT2D eigenvalue weighted by Gasteiger charge is 2.27. The maximum Gasteiger partial charge on any atom is 0.253 e. The fraction of sp³-hybridized carbons (Fsp3) is 0.400. The lowest BCUT2D eigenvalue weighted by Gasteiger charge is -2.29. The van der Waals surface area contributed by atoms with Crippen molar-refractivity contribution in [3.63, 3.8) is 0 Å². The van der Waals surface area contributed by atoms with Gasteiger partial charge in [0.05, 0.1) is 23.2 Å². The second-order valence-corrected chi connectivity index (χ2v) is 5.17. The van der Waals surface area contributed by atoms with Gasteiger partial charge in [0.2, 0.25) is 0 Å². The molecule has 1 aromatic carbocycles. The van der Waals surface area contributed by atoms with Gasteiger partial charge in [-0.2, -0.15) is 0 Å². The number of rotatable bonds is 6. The van der Waals surface area contributed by atoms with Gasteiger partial charge in [0.1, 0.15) is 0 Å². The number of benzene rings is 1. The van der Waals surface area contributed by atoms with Gasteiger partial charge in [0.15, 0.2) is 0 Å². The number of fused-ring (bicyclic) bond motifs is 1. The molecule has 1 amide bonds. The molecule has 0 saturated heterocycles. The van der Waals surface area contributed by atoms with Crippen LogP contribution < -0.4 is 5.32 Å². The number of H-pyrrole nitrogens is 1. The molecule has 3 N–H and O–H groups in total. The first-order valence-corrected chi connectivity index (χ1v) is 6.58. The predicted octanol–water partition coefficient (Wildman–Crippen LogP) is 1.69. The van der Waals surface area contributed by atoms with Gasteiger partial charge in [-0.25, -0.2) is 0 Å². The number of aromatic nitrogens is 1. The largest absolute Gasteiger partial charge is 0.396 e. The molecular weight excluding hydrogens is 256 g/mol. The summed E-state index contributed by atoms with van der Waals surface area (Å²) in [5.74, 6) is -0.175. The van der Waals surface area contributed by atoms with E-state index in [-0.39, 0.29) is 12.5 Å². The average Bonchev–Trinajstić information content (AvgIpc) is 2.86. The third kappa shape index (κ3) is 3.00. The van der Waals surface area contributed by atoms with Gasteiger partial charge in [0, 0.05) is 25.3 Å². The number of aliphatic hydroxyl groups excluding tert-OH is 1. The summed E-state index contributed by atoms with van der Waals surface area (Å²) in [5.41, 5.74) is 0.816. The summed E-state index contributed by atoms with van der Waals surface area (Å²) in [5, 5.41) is 13.1. The van der Waals surface area contributed by atoms with E-state index in [9.17, 15) is 4.79 Å². The first kappa shape index (κ1) is 14.6. The minimum atomic E-state index is -0.588. The molecule has 1 atom stereocenters. The Kier molecular flexibility index (Phi) is 4.42. The van der Waals surface area contributed by atoms with E-state index in [0.717, 1.165) is 10.9 Å². The van der Waals surface area contributed by atoms with E-state index >= 15 is 0 Å². The Balaban J connectivity index is 2.24. The lowest BCUT2D eigenvalue weighted by Crippen LogP contribution is -2.50. The number of carbonyl (C=O) groups excluding carboxylic acids is 1. The first-order chi connectivity index (χ1) is 9.59. The zero-order valence-electron chi connectivity index (χ0n) is 11.8. The fourth-order valence-corrected chi connectivity index (χ4v) is 2.35. The standard InChI is InChI=1S/C15H20N2O3/c1-15(7-9-18,10-20-2)17-14(19)12-5-3-4-11-6-8-16-13(11)12/h3-6,8,16,18H,7,9-10H2,1-2H3,(H,17,19)/t15-/m1/s1. The Labute approximate surface area is 117 Å². The van der Waals surface area contributed by atoms with Gasteiger partial charge in [-0.3, -0.25) is 4.79 Å². The Morgan fingerprint density at radius 3 is 2.95 bits per heavy atom. The molecule has 0 unspecified atom stereocenters. The summed E-state index contributed by atoms with van der Waals surface area (Å²) in [4.78, 5) is 15.5. The van der Waals surface area contributed by atoms with Crippen molar-refractivity contribution in [1.29, 1.82) is 0 Å². The monoisotopic (exact) mass is 276 g/mol. The fourth-order valence-electron chi connectivity index (χ4n) is 2.35. The highest BCUT2D eigenvalue weighted by molar-refractivity contribution is 6.05. The van der Waals surface area contributed by atoms with Crippen LogP contribution in [0.25, 0.3) is 10.9 Å².